The number of hydrogen-bond acceptors (Lipinski definition) is 5. The van der Waals surface area contributed by atoms with Crippen LogP contribution >= 0.6 is 0 Å². The second-order valence-electron chi connectivity index (χ2n) is 6.32. The van der Waals surface area contributed by atoms with Gasteiger partial charge in [-0.2, -0.15) is 0 Å². The quantitative estimate of drug-likeness (QED) is 0.615. The molecule has 0 radical (unpaired) electrons. The highest BCUT2D eigenvalue weighted by Gasteiger charge is 2.23. The van der Waals surface area contributed by atoms with Crippen molar-refractivity contribution in [3.05, 3.63) is 48.0 Å². The van der Waals surface area contributed by atoms with Crippen LogP contribution in [-0.4, -0.2) is 42.0 Å². The Hall–Kier alpha value is -2.34. The van der Waals surface area contributed by atoms with Gasteiger partial charge >= 0.3 is 12.1 Å². The van der Waals surface area contributed by atoms with E-state index in [0.29, 0.717) is 6.42 Å². The molecule has 1 aromatic rings. The highest BCUT2D eigenvalue weighted by Crippen LogP contribution is 2.11. The molecule has 0 unspecified atom stereocenters. The fourth-order valence-electron chi connectivity index (χ4n) is 1.96. The third-order valence-corrected chi connectivity index (χ3v) is 3.04. The minimum absolute atomic E-state index is 0.382. The van der Waals surface area contributed by atoms with E-state index in [0.717, 1.165) is 11.6 Å². The number of nitrogens with one attached hydrogen (secondary N) is 1. The average molecular weight is 335 g/mol. The molecule has 1 aromatic carbocycles. The lowest BCUT2D eigenvalue weighted by Gasteiger charge is -2.25. The maximum Gasteiger partial charge on any atom is 0.407 e. The predicted octanol–water partition coefficient (Wildman–Crippen LogP) is 2.21. The molecular weight excluding hydrogens is 310 g/mol. The number of carbonyl (C=O) groups excluding carboxylic acids is 2. The van der Waals surface area contributed by atoms with E-state index in [1.807, 2.05) is 30.3 Å². The molecule has 0 bridgehead atoms. The number of hydrogen-bond donors (Lipinski definition) is 2. The summed E-state index contributed by atoms with van der Waals surface area (Å²) in [5.74, 6) is -0.579. The molecule has 0 heterocycles. The van der Waals surface area contributed by atoms with Crippen LogP contribution < -0.4 is 5.32 Å². The van der Waals surface area contributed by atoms with Crippen molar-refractivity contribution in [2.24, 2.45) is 0 Å². The fraction of sp³-hybridized carbons (Fsp3) is 0.444. The third-order valence-electron chi connectivity index (χ3n) is 3.04. The normalized spacial score (nSPS) is 14.0. The summed E-state index contributed by atoms with van der Waals surface area (Å²) in [5.41, 5.74) is 0.290. The van der Waals surface area contributed by atoms with Gasteiger partial charge in [-0.25, -0.2) is 9.59 Å². The number of amides is 1. The van der Waals surface area contributed by atoms with Gasteiger partial charge in [-0.1, -0.05) is 30.3 Å². The Balaban J connectivity index is 2.84. The van der Waals surface area contributed by atoms with Crippen molar-refractivity contribution < 1.29 is 24.2 Å². The summed E-state index contributed by atoms with van der Waals surface area (Å²) < 4.78 is 9.72. The molecular formula is C18H25NO5. The number of aliphatic hydroxyl groups excluding tert-OH is 1. The molecule has 0 aromatic heterocycles. The van der Waals surface area contributed by atoms with Gasteiger partial charge in [0.05, 0.1) is 19.3 Å². The maximum atomic E-state index is 12.0. The molecule has 0 aliphatic carbocycles. The lowest BCUT2D eigenvalue weighted by atomic mass is 10.0. The molecule has 2 atom stereocenters. The van der Waals surface area contributed by atoms with Gasteiger partial charge in [0.1, 0.15) is 5.60 Å². The molecule has 0 saturated carbocycles. The number of carbonyl (C=O) groups is 2. The van der Waals surface area contributed by atoms with Crippen LogP contribution in [-0.2, 0) is 20.7 Å². The first-order valence-electron chi connectivity index (χ1n) is 7.69. The van der Waals surface area contributed by atoms with Crippen molar-refractivity contribution in [2.75, 3.05) is 7.11 Å². The monoisotopic (exact) mass is 335 g/mol. The van der Waals surface area contributed by atoms with E-state index >= 15 is 0 Å². The number of alkyl carbamates (subject to hydrolysis) is 1. The predicted molar refractivity (Wildman–Crippen MR) is 90.5 cm³/mol. The zero-order chi connectivity index (χ0) is 18.2. The van der Waals surface area contributed by atoms with Crippen molar-refractivity contribution in [1.82, 2.24) is 5.32 Å². The largest absolute Gasteiger partial charge is 0.466 e. The molecule has 6 heteroatoms. The molecule has 6 nitrogen and oxygen atoms in total. The number of benzene rings is 1. The third kappa shape index (κ3) is 7.78. The number of ether oxygens (including phenoxy) is 2. The first-order chi connectivity index (χ1) is 11.2. The summed E-state index contributed by atoms with van der Waals surface area (Å²) in [5, 5.41) is 12.9. The minimum Gasteiger partial charge on any atom is -0.466 e. The van der Waals surface area contributed by atoms with Crippen molar-refractivity contribution in [3.63, 3.8) is 0 Å². The van der Waals surface area contributed by atoms with Crippen LogP contribution in [0.5, 0.6) is 0 Å². The molecule has 0 aliphatic rings. The van der Waals surface area contributed by atoms with Gasteiger partial charge < -0.3 is 19.9 Å². The maximum absolute atomic E-state index is 12.0. The zero-order valence-corrected chi connectivity index (χ0v) is 14.5. The standard InChI is InChI=1S/C18H25NO5/c1-18(2,3)24-17(22)19-14(12-13-8-6-5-7-9-13)15(20)10-11-16(21)23-4/h5-11,14-15,20H,12H2,1-4H3,(H,19,22)/b11-10+/t14-,15-/m0/s1. The van der Waals surface area contributed by atoms with Gasteiger partial charge in [0.25, 0.3) is 0 Å². The Morgan fingerprint density at radius 1 is 1.25 bits per heavy atom. The van der Waals surface area contributed by atoms with Crippen LogP contribution in [0.2, 0.25) is 0 Å². The average Bonchev–Trinajstić information content (AvgIpc) is 2.50. The molecule has 24 heavy (non-hydrogen) atoms. The molecule has 1 rings (SSSR count). The highest BCUT2D eigenvalue weighted by atomic mass is 16.6. The van der Waals surface area contributed by atoms with Crippen LogP contribution in [0.15, 0.2) is 42.5 Å². The van der Waals surface area contributed by atoms with Gasteiger partial charge in [-0.3, -0.25) is 0 Å². The van der Waals surface area contributed by atoms with E-state index in [1.165, 1.54) is 13.2 Å². The molecule has 0 saturated heterocycles. The summed E-state index contributed by atoms with van der Waals surface area (Å²) in [6.07, 6.45) is 1.09. The molecule has 132 valence electrons. The van der Waals surface area contributed by atoms with Crippen molar-refractivity contribution in [3.8, 4) is 0 Å². The van der Waals surface area contributed by atoms with E-state index < -0.39 is 29.8 Å². The van der Waals surface area contributed by atoms with Gasteiger partial charge in [-0.05, 0) is 38.8 Å². The van der Waals surface area contributed by atoms with Crippen molar-refractivity contribution in [1.29, 1.82) is 0 Å². The van der Waals surface area contributed by atoms with Crippen molar-refractivity contribution in [2.45, 2.75) is 44.9 Å². The van der Waals surface area contributed by atoms with Crippen LogP contribution in [0.4, 0.5) is 4.79 Å². The Bertz CT molecular complexity index is 563. The van der Waals surface area contributed by atoms with Gasteiger partial charge in [0.15, 0.2) is 0 Å². The van der Waals surface area contributed by atoms with Gasteiger partial charge in [-0.15, -0.1) is 0 Å². The summed E-state index contributed by atoms with van der Waals surface area (Å²) >= 11 is 0. The first kappa shape index (κ1) is 19.7. The smallest absolute Gasteiger partial charge is 0.407 e. The first-order valence-corrected chi connectivity index (χ1v) is 7.69. The minimum atomic E-state index is -1.07. The second kappa shape index (κ2) is 9.08. The van der Waals surface area contributed by atoms with Crippen molar-refractivity contribution >= 4 is 12.1 Å². The Kier molecular flexibility index (Phi) is 7.45. The molecule has 2 N–H and O–H groups in total. The zero-order valence-electron chi connectivity index (χ0n) is 14.5. The van der Waals surface area contributed by atoms with E-state index in [1.54, 1.807) is 20.8 Å². The molecule has 1 amide bonds. The molecule has 0 aliphatic heterocycles. The number of aliphatic hydroxyl groups is 1. The topological polar surface area (TPSA) is 84.9 Å². The Morgan fingerprint density at radius 2 is 1.88 bits per heavy atom. The van der Waals surface area contributed by atoms with E-state index in [4.69, 9.17) is 4.74 Å². The van der Waals surface area contributed by atoms with Gasteiger partial charge in [0, 0.05) is 6.08 Å². The van der Waals surface area contributed by atoms with E-state index in [-0.39, 0.29) is 0 Å². The Morgan fingerprint density at radius 3 is 2.42 bits per heavy atom. The summed E-state index contributed by atoms with van der Waals surface area (Å²) in [6.45, 7) is 5.27. The van der Waals surface area contributed by atoms with Crippen LogP contribution in [0, 0.1) is 0 Å². The second-order valence-corrected chi connectivity index (χ2v) is 6.32. The number of esters is 1. The summed E-state index contributed by atoms with van der Waals surface area (Å²) in [6, 6.07) is 8.75. The lowest BCUT2D eigenvalue weighted by Crippen LogP contribution is -2.46. The highest BCUT2D eigenvalue weighted by molar-refractivity contribution is 5.81. The van der Waals surface area contributed by atoms with E-state index in [2.05, 4.69) is 10.1 Å². The molecule has 0 fully saturated rings. The molecule has 0 spiro atoms. The number of rotatable bonds is 6. The lowest BCUT2D eigenvalue weighted by molar-refractivity contribution is -0.134. The Labute approximate surface area is 142 Å². The van der Waals surface area contributed by atoms with E-state index in [9.17, 15) is 14.7 Å². The number of methoxy groups -OCH3 is 1. The van der Waals surface area contributed by atoms with Crippen LogP contribution in [0.1, 0.15) is 26.3 Å². The van der Waals surface area contributed by atoms with Crippen LogP contribution in [0.3, 0.4) is 0 Å². The summed E-state index contributed by atoms with van der Waals surface area (Å²) in [4.78, 5) is 23.2. The van der Waals surface area contributed by atoms with Gasteiger partial charge in [0.2, 0.25) is 0 Å². The van der Waals surface area contributed by atoms with Crippen LogP contribution in [0.25, 0.3) is 0 Å². The fourth-order valence-corrected chi connectivity index (χ4v) is 1.96. The summed E-state index contributed by atoms with van der Waals surface area (Å²) in [7, 11) is 1.25. The SMILES string of the molecule is COC(=O)/C=C/[C@H](O)[C@H](Cc1ccccc1)NC(=O)OC(C)(C)C.